The number of nitrogens with zero attached hydrogens (tertiary/aromatic N) is 2. The Kier molecular flexibility index (Phi) is 3.75. The summed E-state index contributed by atoms with van der Waals surface area (Å²) in [6.07, 6.45) is 1.31. The molecule has 0 bridgehead atoms. The van der Waals surface area contributed by atoms with Crippen molar-refractivity contribution in [2.45, 2.75) is 13.2 Å². The van der Waals surface area contributed by atoms with Crippen molar-refractivity contribution in [3.63, 3.8) is 0 Å². The van der Waals surface area contributed by atoms with Crippen LogP contribution in [-0.2, 0) is 18.0 Å². The van der Waals surface area contributed by atoms with E-state index in [-0.39, 0.29) is 31.6 Å². The molecule has 8 nitrogen and oxygen atoms in total. The van der Waals surface area contributed by atoms with Crippen LogP contribution in [0.1, 0.15) is 11.1 Å². The first-order valence-corrected chi connectivity index (χ1v) is 6.47. The van der Waals surface area contributed by atoms with Crippen LogP contribution in [0.5, 0.6) is 11.6 Å². The Balaban J connectivity index is 1.90. The van der Waals surface area contributed by atoms with E-state index >= 15 is 0 Å². The standard InChI is InChI=1S/C14H12N2O6/c17-15-4-2-1-3-13(15)21-8-11-6-12(16(18)19)5-10-7-20-9-22-14(10)11/h1-6H,7-9H2. The smallest absolute Gasteiger partial charge is 0.379 e. The number of rotatable bonds is 4. The molecule has 0 radical (unpaired) electrons. The molecule has 0 aliphatic carbocycles. The van der Waals surface area contributed by atoms with Crippen LogP contribution in [0.25, 0.3) is 0 Å². The van der Waals surface area contributed by atoms with Gasteiger partial charge < -0.3 is 19.4 Å². The van der Waals surface area contributed by atoms with E-state index in [0.717, 1.165) is 0 Å². The summed E-state index contributed by atoms with van der Waals surface area (Å²) in [6.45, 7) is 0.290. The number of benzene rings is 1. The summed E-state index contributed by atoms with van der Waals surface area (Å²) in [7, 11) is 0. The van der Waals surface area contributed by atoms with Crippen LogP contribution >= 0.6 is 0 Å². The molecule has 8 heteroatoms. The van der Waals surface area contributed by atoms with Crippen molar-refractivity contribution in [3.8, 4) is 11.6 Å². The first kappa shape index (κ1) is 14.1. The topological polar surface area (TPSA) is 97.8 Å². The van der Waals surface area contributed by atoms with Crippen LogP contribution in [0, 0.1) is 15.3 Å². The van der Waals surface area contributed by atoms with Gasteiger partial charge in [-0.1, -0.05) is 0 Å². The number of hydrogen-bond acceptors (Lipinski definition) is 6. The van der Waals surface area contributed by atoms with Crippen LogP contribution in [-0.4, -0.2) is 11.7 Å². The summed E-state index contributed by atoms with van der Waals surface area (Å²) in [5.74, 6) is 0.611. The lowest BCUT2D eigenvalue weighted by Gasteiger charge is -2.20. The Morgan fingerprint density at radius 1 is 1.36 bits per heavy atom. The molecule has 0 fully saturated rings. The number of hydrogen-bond donors (Lipinski definition) is 0. The van der Waals surface area contributed by atoms with Gasteiger partial charge in [-0.25, -0.2) is 0 Å². The molecule has 0 saturated heterocycles. The molecular formula is C14H12N2O6. The lowest BCUT2D eigenvalue weighted by molar-refractivity contribution is -0.613. The van der Waals surface area contributed by atoms with Crippen LogP contribution in [0.15, 0.2) is 36.5 Å². The zero-order valence-corrected chi connectivity index (χ0v) is 11.4. The number of ether oxygens (including phenoxy) is 3. The van der Waals surface area contributed by atoms with Gasteiger partial charge in [0.2, 0.25) is 0 Å². The minimum Gasteiger partial charge on any atom is -0.616 e. The summed E-state index contributed by atoms with van der Waals surface area (Å²) < 4.78 is 16.5. The van der Waals surface area contributed by atoms with Crippen molar-refractivity contribution in [3.05, 3.63) is 63.0 Å². The zero-order valence-electron chi connectivity index (χ0n) is 11.4. The lowest BCUT2D eigenvalue weighted by Crippen LogP contribution is -2.28. The molecule has 0 spiro atoms. The molecule has 3 rings (SSSR count). The van der Waals surface area contributed by atoms with Gasteiger partial charge in [0, 0.05) is 29.3 Å². The highest BCUT2D eigenvalue weighted by atomic mass is 16.7. The summed E-state index contributed by atoms with van der Waals surface area (Å²) in [5.41, 5.74) is 1.01. The highest BCUT2D eigenvalue weighted by molar-refractivity contribution is 5.50. The Morgan fingerprint density at radius 3 is 3.00 bits per heavy atom. The molecule has 1 aromatic carbocycles. The number of nitro groups is 1. The highest BCUT2D eigenvalue weighted by Gasteiger charge is 2.21. The minimum absolute atomic E-state index is 0.0176. The predicted octanol–water partition coefficient (Wildman–Crippen LogP) is 1.67. The first-order valence-electron chi connectivity index (χ1n) is 6.47. The van der Waals surface area contributed by atoms with E-state index in [0.29, 0.717) is 21.6 Å². The van der Waals surface area contributed by atoms with Crippen molar-refractivity contribution in [2.24, 2.45) is 0 Å². The number of fused-ring (bicyclic) bond motifs is 1. The third-order valence-electron chi connectivity index (χ3n) is 3.15. The largest absolute Gasteiger partial charge is 0.616 e. The number of non-ortho nitro benzene ring substituents is 1. The van der Waals surface area contributed by atoms with E-state index in [9.17, 15) is 15.3 Å². The van der Waals surface area contributed by atoms with E-state index < -0.39 is 4.92 Å². The number of nitro benzene ring substituents is 1. The number of aromatic nitrogens is 1. The van der Waals surface area contributed by atoms with Crippen LogP contribution in [0.4, 0.5) is 5.69 Å². The van der Waals surface area contributed by atoms with Gasteiger partial charge >= 0.3 is 5.88 Å². The van der Waals surface area contributed by atoms with Crippen molar-refractivity contribution in [1.82, 2.24) is 0 Å². The fraction of sp³-hybridized carbons (Fsp3) is 0.214. The normalized spacial score (nSPS) is 13.1. The Labute approximate surface area is 125 Å². The third kappa shape index (κ3) is 2.77. The third-order valence-corrected chi connectivity index (χ3v) is 3.15. The second-order valence-corrected chi connectivity index (χ2v) is 4.61. The van der Waals surface area contributed by atoms with Gasteiger partial charge in [0.05, 0.1) is 17.6 Å². The SMILES string of the molecule is O=[N+]([O-])c1cc2c(c(COc3cccc[n+]3[O-])c1)OCOC2. The Bertz CT molecular complexity index is 718. The lowest BCUT2D eigenvalue weighted by atomic mass is 10.1. The quantitative estimate of drug-likeness (QED) is 0.369. The molecule has 22 heavy (non-hydrogen) atoms. The van der Waals surface area contributed by atoms with Gasteiger partial charge in [0.15, 0.2) is 13.0 Å². The summed E-state index contributed by atoms with van der Waals surface area (Å²) in [4.78, 5) is 10.5. The zero-order chi connectivity index (χ0) is 15.5. The van der Waals surface area contributed by atoms with Crippen molar-refractivity contribution < 1.29 is 23.9 Å². The van der Waals surface area contributed by atoms with E-state index in [2.05, 4.69) is 0 Å². The molecule has 1 aliphatic rings. The van der Waals surface area contributed by atoms with Crippen molar-refractivity contribution >= 4 is 5.69 Å². The second kappa shape index (κ2) is 5.86. The van der Waals surface area contributed by atoms with Crippen molar-refractivity contribution in [1.29, 1.82) is 0 Å². The van der Waals surface area contributed by atoms with Crippen molar-refractivity contribution in [2.75, 3.05) is 6.79 Å². The summed E-state index contributed by atoms with van der Waals surface area (Å²) >= 11 is 0. The second-order valence-electron chi connectivity index (χ2n) is 4.61. The molecule has 0 atom stereocenters. The molecule has 2 heterocycles. The minimum atomic E-state index is -0.491. The van der Waals surface area contributed by atoms with Gasteiger partial charge in [-0.3, -0.25) is 10.1 Å². The predicted molar refractivity (Wildman–Crippen MR) is 73.1 cm³/mol. The molecular weight excluding hydrogens is 292 g/mol. The van der Waals surface area contributed by atoms with Gasteiger partial charge in [-0.05, 0) is 6.07 Å². The maximum atomic E-state index is 11.5. The van der Waals surface area contributed by atoms with E-state index in [4.69, 9.17) is 14.2 Å². The van der Waals surface area contributed by atoms with Gasteiger partial charge in [0.25, 0.3) is 5.69 Å². The molecule has 1 aliphatic heterocycles. The molecule has 0 amide bonds. The molecule has 0 unspecified atom stereocenters. The maximum Gasteiger partial charge on any atom is 0.379 e. The number of pyridine rings is 1. The van der Waals surface area contributed by atoms with Gasteiger partial charge in [0.1, 0.15) is 12.4 Å². The summed E-state index contributed by atoms with van der Waals surface area (Å²) in [6, 6.07) is 7.55. The van der Waals surface area contributed by atoms with Gasteiger partial charge in [-0.2, -0.15) is 0 Å². The molecule has 2 aromatic rings. The summed E-state index contributed by atoms with van der Waals surface area (Å²) in [5, 5.41) is 22.5. The molecule has 0 N–H and O–H groups in total. The van der Waals surface area contributed by atoms with Crippen LogP contribution in [0.3, 0.4) is 0 Å². The first-order chi connectivity index (χ1) is 10.6. The fourth-order valence-electron chi connectivity index (χ4n) is 2.17. The fourth-order valence-corrected chi connectivity index (χ4v) is 2.17. The average molecular weight is 304 g/mol. The molecule has 1 aromatic heterocycles. The van der Waals surface area contributed by atoms with Gasteiger partial charge in [-0.15, -0.1) is 4.73 Å². The average Bonchev–Trinajstić information content (AvgIpc) is 2.53. The van der Waals surface area contributed by atoms with E-state index in [1.807, 2.05) is 0 Å². The Hall–Kier alpha value is -2.87. The van der Waals surface area contributed by atoms with Crippen LogP contribution < -0.4 is 14.2 Å². The molecule has 114 valence electrons. The highest BCUT2D eigenvalue weighted by Crippen LogP contribution is 2.33. The Morgan fingerprint density at radius 2 is 2.23 bits per heavy atom. The monoisotopic (exact) mass is 304 g/mol. The van der Waals surface area contributed by atoms with E-state index in [1.54, 1.807) is 12.1 Å². The van der Waals surface area contributed by atoms with Crippen LogP contribution in [0.2, 0.25) is 0 Å². The maximum absolute atomic E-state index is 11.5. The van der Waals surface area contributed by atoms with E-state index in [1.165, 1.54) is 24.4 Å². The molecule has 0 saturated carbocycles.